The van der Waals surface area contributed by atoms with Crippen LogP contribution in [-0.4, -0.2) is 34.9 Å². The van der Waals surface area contributed by atoms with Crippen LogP contribution < -0.4 is 10.6 Å². The first kappa shape index (κ1) is 13.1. The van der Waals surface area contributed by atoms with Crippen molar-refractivity contribution < 1.29 is 14.7 Å². The molecule has 0 aromatic heterocycles. The number of amides is 2. The molecule has 0 saturated heterocycles. The molecule has 1 unspecified atom stereocenters. The fourth-order valence-corrected chi connectivity index (χ4v) is 1.11. The highest BCUT2D eigenvalue weighted by Crippen LogP contribution is 1.94. The third-order valence-corrected chi connectivity index (χ3v) is 1.70. The van der Waals surface area contributed by atoms with Crippen LogP contribution in [0.15, 0.2) is 0 Å². The summed E-state index contributed by atoms with van der Waals surface area (Å²) in [5.41, 5.74) is 0. The first-order valence-corrected chi connectivity index (χ1v) is 5.01. The molecule has 5 nitrogen and oxygen atoms in total. The number of carboxylic acid groups (broad SMARTS) is 1. The third kappa shape index (κ3) is 5.69. The number of carboxylic acids is 1. The highest BCUT2D eigenvalue weighted by atomic mass is 32.1. The molecule has 0 heterocycles. The van der Waals surface area contributed by atoms with E-state index < -0.39 is 18.0 Å². The largest absolute Gasteiger partial charge is 0.480 e. The van der Waals surface area contributed by atoms with E-state index in [0.29, 0.717) is 12.2 Å². The molecule has 14 heavy (non-hydrogen) atoms. The van der Waals surface area contributed by atoms with Crippen molar-refractivity contribution in [2.45, 2.75) is 32.4 Å². The summed E-state index contributed by atoms with van der Waals surface area (Å²) < 4.78 is 0. The quantitative estimate of drug-likeness (QED) is 0.508. The lowest BCUT2D eigenvalue weighted by molar-refractivity contribution is -0.139. The summed E-state index contributed by atoms with van der Waals surface area (Å²) in [5, 5.41) is 13.6. The van der Waals surface area contributed by atoms with Gasteiger partial charge in [0, 0.05) is 6.04 Å². The molecule has 0 aliphatic carbocycles. The minimum Gasteiger partial charge on any atom is -0.480 e. The topological polar surface area (TPSA) is 78.4 Å². The maximum absolute atomic E-state index is 11.1. The number of urea groups is 1. The van der Waals surface area contributed by atoms with E-state index in [-0.39, 0.29) is 6.04 Å². The van der Waals surface area contributed by atoms with Gasteiger partial charge in [0.1, 0.15) is 6.04 Å². The van der Waals surface area contributed by atoms with E-state index in [0.717, 1.165) is 0 Å². The van der Waals surface area contributed by atoms with Crippen LogP contribution in [0.4, 0.5) is 4.79 Å². The average Bonchev–Trinajstić information content (AvgIpc) is 2.01. The van der Waals surface area contributed by atoms with Gasteiger partial charge in [-0.25, -0.2) is 9.59 Å². The molecule has 1 atom stereocenters. The Labute approximate surface area is 88.7 Å². The van der Waals surface area contributed by atoms with Crippen molar-refractivity contribution >= 4 is 24.6 Å². The van der Waals surface area contributed by atoms with E-state index >= 15 is 0 Å². The first-order chi connectivity index (χ1) is 6.47. The molecule has 0 saturated carbocycles. The number of nitrogens with one attached hydrogen (secondary N) is 2. The lowest BCUT2D eigenvalue weighted by Crippen LogP contribution is -2.48. The normalized spacial score (nSPS) is 12.3. The monoisotopic (exact) mass is 220 g/mol. The molecule has 2 amide bonds. The number of aliphatic carboxylic acids is 1. The summed E-state index contributed by atoms with van der Waals surface area (Å²) in [5.74, 6) is -0.628. The van der Waals surface area contributed by atoms with Crippen LogP contribution in [0.1, 0.15) is 20.3 Å². The van der Waals surface area contributed by atoms with Crippen molar-refractivity contribution in [2.24, 2.45) is 0 Å². The van der Waals surface area contributed by atoms with Gasteiger partial charge < -0.3 is 15.7 Å². The van der Waals surface area contributed by atoms with Gasteiger partial charge in [0.2, 0.25) is 0 Å². The fraction of sp³-hybridized carbons (Fsp3) is 0.750. The van der Waals surface area contributed by atoms with Crippen LogP contribution >= 0.6 is 12.6 Å². The van der Waals surface area contributed by atoms with Gasteiger partial charge in [0.05, 0.1) is 0 Å². The number of thiol groups is 1. The molecule has 0 bridgehead atoms. The van der Waals surface area contributed by atoms with Gasteiger partial charge >= 0.3 is 12.0 Å². The predicted molar refractivity (Wildman–Crippen MR) is 56.7 cm³/mol. The Morgan fingerprint density at radius 2 is 1.93 bits per heavy atom. The van der Waals surface area contributed by atoms with Crippen LogP contribution in [0.5, 0.6) is 0 Å². The van der Waals surface area contributed by atoms with Crippen molar-refractivity contribution in [1.82, 2.24) is 10.6 Å². The summed E-state index contributed by atoms with van der Waals surface area (Å²) in [6.07, 6.45) is 0.309. The van der Waals surface area contributed by atoms with E-state index in [9.17, 15) is 9.59 Å². The molecule has 3 N–H and O–H groups in total. The van der Waals surface area contributed by atoms with E-state index in [4.69, 9.17) is 5.11 Å². The summed E-state index contributed by atoms with van der Waals surface area (Å²) in [4.78, 5) is 21.8. The van der Waals surface area contributed by atoms with Crippen LogP contribution in [-0.2, 0) is 4.79 Å². The zero-order valence-electron chi connectivity index (χ0n) is 8.28. The van der Waals surface area contributed by atoms with E-state index in [1.54, 1.807) is 13.8 Å². The highest BCUT2D eigenvalue weighted by Gasteiger charge is 2.18. The lowest BCUT2D eigenvalue weighted by Gasteiger charge is -2.15. The molecule has 0 aliphatic rings. The number of hydrogen-bond donors (Lipinski definition) is 4. The van der Waals surface area contributed by atoms with Gasteiger partial charge in [-0.3, -0.25) is 0 Å². The van der Waals surface area contributed by atoms with Crippen LogP contribution in [0.2, 0.25) is 0 Å². The van der Waals surface area contributed by atoms with Crippen LogP contribution in [0.3, 0.4) is 0 Å². The molecular formula is C8H16N2O3S. The van der Waals surface area contributed by atoms with Gasteiger partial charge in [-0.05, 0) is 26.0 Å². The van der Waals surface area contributed by atoms with Gasteiger partial charge in [-0.1, -0.05) is 0 Å². The zero-order valence-corrected chi connectivity index (χ0v) is 9.17. The Bertz CT molecular complexity index is 209. The smallest absolute Gasteiger partial charge is 0.326 e. The van der Waals surface area contributed by atoms with Crippen molar-refractivity contribution in [3.63, 3.8) is 0 Å². The van der Waals surface area contributed by atoms with Crippen molar-refractivity contribution in [3.8, 4) is 0 Å². The SMILES string of the molecule is CC(C)NC(=O)NC(CCS)C(=O)O. The number of hydrogen-bond acceptors (Lipinski definition) is 3. The van der Waals surface area contributed by atoms with E-state index in [1.807, 2.05) is 0 Å². The zero-order chi connectivity index (χ0) is 11.1. The second kappa shape index (κ2) is 6.53. The summed E-state index contributed by atoms with van der Waals surface area (Å²) in [6, 6.07) is -1.35. The summed E-state index contributed by atoms with van der Waals surface area (Å²) in [7, 11) is 0. The minimum atomic E-state index is -1.04. The van der Waals surface area contributed by atoms with E-state index in [2.05, 4.69) is 23.3 Å². The molecule has 0 spiro atoms. The highest BCUT2D eigenvalue weighted by molar-refractivity contribution is 7.80. The van der Waals surface area contributed by atoms with Crippen LogP contribution in [0.25, 0.3) is 0 Å². The standard InChI is InChI=1S/C8H16N2O3S/c1-5(2)9-8(13)10-6(3-4-14)7(11)12/h5-6,14H,3-4H2,1-2H3,(H,11,12)(H2,9,10,13). The fourth-order valence-electron chi connectivity index (χ4n) is 0.849. The lowest BCUT2D eigenvalue weighted by atomic mass is 10.2. The van der Waals surface area contributed by atoms with Gasteiger partial charge in [0.25, 0.3) is 0 Å². The Morgan fingerprint density at radius 1 is 1.36 bits per heavy atom. The second-order valence-electron chi connectivity index (χ2n) is 3.18. The van der Waals surface area contributed by atoms with Gasteiger partial charge in [0.15, 0.2) is 0 Å². The Hall–Kier alpha value is -0.910. The molecular weight excluding hydrogens is 204 g/mol. The van der Waals surface area contributed by atoms with E-state index in [1.165, 1.54) is 0 Å². The third-order valence-electron chi connectivity index (χ3n) is 1.44. The molecule has 6 heteroatoms. The number of carbonyl (C=O) groups is 2. The predicted octanol–water partition coefficient (Wildman–Crippen LogP) is 0.467. The Morgan fingerprint density at radius 3 is 2.29 bits per heavy atom. The molecule has 0 aromatic rings. The van der Waals surface area contributed by atoms with Crippen molar-refractivity contribution in [3.05, 3.63) is 0 Å². The molecule has 0 radical (unpaired) electrons. The van der Waals surface area contributed by atoms with Crippen LogP contribution in [0, 0.1) is 0 Å². The average molecular weight is 220 g/mol. The minimum absolute atomic E-state index is 0.0135. The number of rotatable bonds is 5. The molecule has 0 fully saturated rings. The Balaban J connectivity index is 4.02. The van der Waals surface area contributed by atoms with Crippen molar-refractivity contribution in [1.29, 1.82) is 0 Å². The maximum Gasteiger partial charge on any atom is 0.326 e. The van der Waals surface area contributed by atoms with Crippen molar-refractivity contribution in [2.75, 3.05) is 5.75 Å². The summed E-state index contributed by atoms with van der Waals surface area (Å²) >= 11 is 3.91. The molecule has 0 aromatic carbocycles. The summed E-state index contributed by atoms with van der Waals surface area (Å²) in [6.45, 7) is 3.60. The number of carbonyl (C=O) groups excluding carboxylic acids is 1. The molecule has 82 valence electrons. The maximum atomic E-state index is 11.1. The molecule has 0 aliphatic heterocycles. The van der Waals surface area contributed by atoms with Gasteiger partial charge in [-0.2, -0.15) is 12.6 Å². The Kier molecular flexibility index (Phi) is 6.11. The molecule has 0 rings (SSSR count). The van der Waals surface area contributed by atoms with Gasteiger partial charge in [-0.15, -0.1) is 0 Å². The first-order valence-electron chi connectivity index (χ1n) is 4.38. The second-order valence-corrected chi connectivity index (χ2v) is 3.62.